The molecular formula is C8H14N2O4. The Morgan fingerprint density at radius 1 is 0.857 bits per heavy atom. The first-order chi connectivity index (χ1) is 6.69. The highest BCUT2D eigenvalue weighted by Crippen LogP contribution is 2.29. The van der Waals surface area contributed by atoms with Crippen LogP contribution in [0.15, 0.2) is 0 Å². The Balaban J connectivity index is 2.38. The van der Waals surface area contributed by atoms with Gasteiger partial charge in [-0.1, -0.05) is 0 Å². The fourth-order valence-electron chi connectivity index (χ4n) is 1.76. The summed E-state index contributed by atoms with van der Waals surface area (Å²) in [5.74, 6) is 8.31. The lowest BCUT2D eigenvalue weighted by molar-refractivity contribution is -0.155. The summed E-state index contributed by atoms with van der Waals surface area (Å²) in [6.07, 6.45) is 2.37. The Kier molecular flexibility index (Phi) is 3.84. The molecule has 0 radical (unpaired) electrons. The Morgan fingerprint density at radius 3 is 1.36 bits per heavy atom. The van der Waals surface area contributed by atoms with Crippen molar-refractivity contribution in [3.05, 3.63) is 0 Å². The van der Waals surface area contributed by atoms with E-state index in [4.69, 9.17) is 11.8 Å². The minimum absolute atomic E-state index is 0.193. The van der Waals surface area contributed by atoms with Crippen LogP contribution in [0.1, 0.15) is 25.7 Å². The summed E-state index contributed by atoms with van der Waals surface area (Å²) in [5.41, 5.74) is 0. The van der Waals surface area contributed by atoms with Crippen molar-refractivity contribution in [3.63, 3.8) is 0 Å². The molecule has 80 valence electrons. The number of hydrogen-bond donors (Lipinski definition) is 2. The number of hydrogen-bond acceptors (Lipinski definition) is 6. The first-order valence-electron chi connectivity index (χ1n) is 4.50. The van der Waals surface area contributed by atoms with Crippen molar-refractivity contribution >= 4 is 11.9 Å². The molecule has 0 aromatic rings. The third-order valence-electron chi connectivity index (χ3n) is 2.63. The second-order valence-electron chi connectivity index (χ2n) is 3.42. The number of carbonyl (C=O) groups is 2. The highest BCUT2D eigenvalue weighted by Gasteiger charge is 2.31. The minimum Gasteiger partial charge on any atom is -0.373 e. The molecule has 0 bridgehead atoms. The summed E-state index contributed by atoms with van der Waals surface area (Å²) >= 11 is 0. The van der Waals surface area contributed by atoms with E-state index >= 15 is 0 Å². The van der Waals surface area contributed by atoms with Crippen LogP contribution in [-0.4, -0.2) is 11.9 Å². The second-order valence-corrected chi connectivity index (χ2v) is 3.42. The quantitative estimate of drug-likeness (QED) is 0.592. The number of nitrogens with two attached hydrogens (primary N) is 2. The van der Waals surface area contributed by atoms with Gasteiger partial charge < -0.3 is 9.68 Å². The van der Waals surface area contributed by atoms with Crippen LogP contribution in [0, 0.1) is 11.8 Å². The van der Waals surface area contributed by atoms with E-state index in [1.807, 2.05) is 0 Å². The van der Waals surface area contributed by atoms with Gasteiger partial charge in [0.1, 0.15) is 0 Å². The minimum atomic E-state index is -0.412. The van der Waals surface area contributed by atoms with Gasteiger partial charge in [-0.05, 0) is 25.7 Å². The molecule has 6 heteroatoms. The van der Waals surface area contributed by atoms with Crippen molar-refractivity contribution in [2.75, 3.05) is 0 Å². The van der Waals surface area contributed by atoms with Gasteiger partial charge in [-0.3, -0.25) is 9.59 Å². The molecule has 0 aromatic carbocycles. The standard InChI is InChI=1S/C8H14N2O4/c9-13-7(11)5-1-2-6(4-3-5)8(12)14-10/h5-6H,1-4,9-10H2. The predicted molar refractivity (Wildman–Crippen MR) is 46.0 cm³/mol. The third kappa shape index (κ3) is 2.43. The third-order valence-corrected chi connectivity index (χ3v) is 2.63. The molecular weight excluding hydrogens is 188 g/mol. The van der Waals surface area contributed by atoms with Gasteiger partial charge in [0, 0.05) is 0 Å². The average molecular weight is 202 g/mol. The molecule has 0 atom stereocenters. The molecule has 0 unspecified atom stereocenters. The lowest BCUT2D eigenvalue weighted by Crippen LogP contribution is -2.30. The van der Waals surface area contributed by atoms with Crippen molar-refractivity contribution in [2.24, 2.45) is 23.6 Å². The zero-order chi connectivity index (χ0) is 10.6. The van der Waals surface area contributed by atoms with Crippen LogP contribution >= 0.6 is 0 Å². The normalized spacial score (nSPS) is 26.7. The molecule has 1 rings (SSSR count). The molecule has 6 nitrogen and oxygen atoms in total. The first-order valence-corrected chi connectivity index (χ1v) is 4.50. The van der Waals surface area contributed by atoms with Crippen LogP contribution in [0.2, 0.25) is 0 Å². The van der Waals surface area contributed by atoms with Crippen LogP contribution in [0.3, 0.4) is 0 Å². The molecule has 1 aliphatic rings. The summed E-state index contributed by atoms with van der Waals surface area (Å²) < 4.78 is 0. The summed E-state index contributed by atoms with van der Waals surface area (Å²) in [5, 5.41) is 0. The van der Waals surface area contributed by atoms with Crippen LogP contribution in [0.5, 0.6) is 0 Å². The van der Waals surface area contributed by atoms with Gasteiger partial charge in [0.2, 0.25) is 0 Å². The van der Waals surface area contributed by atoms with E-state index in [1.165, 1.54) is 0 Å². The maximum absolute atomic E-state index is 11.0. The largest absolute Gasteiger partial charge is 0.373 e. The summed E-state index contributed by atoms with van der Waals surface area (Å²) in [6.45, 7) is 0. The number of rotatable bonds is 2. The van der Waals surface area contributed by atoms with Gasteiger partial charge in [-0.25, -0.2) is 0 Å². The van der Waals surface area contributed by atoms with E-state index in [1.54, 1.807) is 0 Å². The topological polar surface area (TPSA) is 105 Å². The molecule has 0 amide bonds. The van der Waals surface area contributed by atoms with Crippen LogP contribution in [0.25, 0.3) is 0 Å². The predicted octanol–water partition coefficient (Wildman–Crippen LogP) is -0.373. The van der Waals surface area contributed by atoms with Crippen molar-refractivity contribution in [1.29, 1.82) is 0 Å². The van der Waals surface area contributed by atoms with Crippen molar-refractivity contribution in [1.82, 2.24) is 0 Å². The van der Waals surface area contributed by atoms with E-state index in [0.29, 0.717) is 25.7 Å². The van der Waals surface area contributed by atoms with E-state index in [-0.39, 0.29) is 11.8 Å². The Labute approximate surface area is 81.4 Å². The highest BCUT2D eigenvalue weighted by atomic mass is 16.7. The van der Waals surface area contributed by atoms with Gasteiger partial charge in [-0.15, -0.1) is 0 Å². The summed E-state index contributed by atoms with van der Waals surface area (Å²) in [4.78, 5) is 30.3. The molecule has 0 heterocycles. The van der Waals surface area contributed by atoms with Gasteiger partial charge in [0.05, 0.1) is 11.8 Å². The fourth-order valence-corrected chi connectivity index (χ4v) is 1.76. The Hall–Kier alpha value is -1.14. The van der Waals surface area contributed by atoms with E-state index in [0.717, 1.165) is 0 Å². The van der Waals surface area contributed by atoms with Crippen LogP contribution < -0.4 is 11.8 Å². The lowest BCUT2D eigenvalue weighted by Gasteiger charge is -2.24. The lowest BCUT2D eigenvalue weighted by atomic mass is 9.82. The molecule has 0 aromatic heterocycles. The SMILES string of the molecule is NOC(=O)C1CCC(C(=O)ON)CC1. The molecule has 0 saturated heterocycles. The number of carbonyl (C=O) groups excluding carboxylic acids is 2. The smallest absolute Gasteiger partial charge is 0.327 e. The maximum atomic E-state index is 11.0. The van der Waals surface area contributed by atoms with Gasteiger partial charge in [-0.2, -0.15) is 11.8 Å². The molecule has 14 heavy (non-hydrogen) atoms. The van der Waals surface area contributed by atoms with Crippen LogP contribution in [0.4, 0.5) is 0 Å². The van der Waals surface area contributed by atoms with E-state index in [9.17, 15) is 9.59 Å². The van der Waals surface area contributed by atoms with Crippen molar-refractivity contribution in [2.45, 2.75) is 25.7 Å². The van der Waals surface area contributed by atoms with E-state index in [2.05, 4.69) is 9.68 Å². The molecule has 0 aliphatic heterocycles. The van der Waals surface area contributed by atoms with Crippen LogP contribution in [-0.2, 0) is 19.3 Å². The molecule has 4 N–H and O–H groups in total. The first kappa shape index (κ1) is 10.9. The maximum Gasteiger partial charge on any atom is 0.327 e. The summed E-state index contributed by atoms with van der Waals surface area (Å²) in [6, 6.07) is 0. The average Bonchev–Trinajstić information content (AvgIpc) is 2.27. The molecule has 1 saturated carbocycles. The monoisotopic (exact) mass is 202 g/mol. The van der Waals surface area contributed by atoms with Crippen molar-refractivity contribution < 1.29 is 19.3 Å². The molecule has 1 fully saturated rings. The van der Waals surface area contributed by atoms with Crippen molar-refractivity contribution in [3.8, 4) is 0 Å². The second kappa shape index (κ2) is 4.92. The Bertz CT molecular complexity index is 199. The molecule has 0 spiro atoms. The molecule has 1 aliphatic carbocycles. The van der Waals surface area contributed by atoms with Gasteiger partial charge in [0.25, 0.3) is 0 Å². The van der Waals surface area contributed by atoms with Gasteiger partial charge >= 0.3 is 11.9 Å². The van der Waals surface area contributed by atoms with Gasteiger partial charge in [0.15, 0.2) is 0 Å². The zero-order valence-electron chi connectivity index (χ0n) is 7.77. The fraction of sp³-hybridized carbons (Fsp3) is 0.750. The van der Waals surface area contributed by atoms with E-state index < -0.39 is 11.9 Å². The Morgan fingerprint density at radius 2 is 1.14 bits per heavy atom. The zero-order valence-corrected chi connectivity index (χ0v) is 7.77. The summed E-state index contributed by atoms with van der Waals surface area (Å²) in [7, 11) is 0. The highest BCUT2D eigenvalue weighted by molar-refractivity contribution is 5.74.